The van der Waals surface area contributed by atoms with Crippen LogP contribution in [-0.2, 0) is 4.74 Å². The lowest BCUT2D eigenvalue weighted by molar-refractivity contribution is -0.0227. The Morgan fingerprint density at radius 1 is 1.29 bits per heavy atom. The summed E-state index contributed by atoms with van der Waals surface area (Å²) in [4.78, 5) is 0. The third-order valence-corrected chi connectivity index (χ3v) is 4.16. The Hall–Kier alpha value is -1.95. The van der Waals surface area contributed by atoms with Gasteiger partial charge < -0.3 is 10.5 Å². The van der Waals surface area contributed by atoms with E-state index < -0.39 is 0 Å². The maximum absolute atomic E-state index is 6.03. The summed E-state index contributed by atoms with van der Waals surface area (Å²) < 4.78 is 7.52. The SMILES string of the molecule is CCOC1CC(n2nnnc2-c2cc(N)c(C)cc2C)C1. The van der Waals surface area contributed by atoms with Crippen molar-refractivity contribution in [2.75, 3.05) is 12.3 Å². The molecule has 1 heterocycles. The fourth-order valence-electron chi connectivity index (χ4n) is 2.84. The largest absolute Gasteiger partial charge is 0.398 e. The molecule has 0 spiro atoms. The molecule has 0 amide bonds. The molecule has 112 valence electrons. The summed E-state index contributed by atoms with van der Waals surface area (Å²) in [5.74, 6) is 0.791. The predicted molar refractivity (Wildman–Crippen MR) is 80.8 cm³/mol. The molecule has 2 N–H and O–H groups in total. The van der Waals surface area contributed by atoms with Crippen molar-refractivity contribution in [1.29, 1.82) is 0 Å². The van der Waals surface area contributed by atoms with Gasteiger partial charge in [-0.15, -0.1) is 5.10 Å². The summed E-state index contributed by atoms with van der Waals surface area (Å²) in [6, 6.07) is 4.35. The average Bonchev–Trinajstić information content (AvgIpc) is 2.86. The smallest absolute Gasteiger partial charge is 0.182 e. The van der Waals surface area contributed by atoms with E-state index in [4.69, 9.17) is 10.5 Å². The minimum atomic E-state index is 0.313. The van der Waals surface area contributed by atoms with Crippen molar-refractivity contribution >= 4 is 5.69 Å². The van der Waals surface area contributed by atoms with E-state index in [0.29, 0.717) is 12.1 Å². The van der Waals surface area contributed by atoms with Crippen LogP contribution in [-0.4, -0.2) is 32.9 Å². The van der Waals surface area contributed by atoms with Crippen LogP contribution in [0.25, 0.3) is 11.4 Å². The molecule has 1 saturated carbocycles. The molecular formula is C15H21N5O. The summed E-state index contributed by atoms with van der Waals surface area (Å²) in [6.45, 7) is 6.85. The highest BCUT2D eigenvalue weighted by atomic mass is 16.5. The summed E-state index contributed by atoms with van der Waals surface area (Å²) in [7, 11) is 0. The molecule has 21 heavy (non-hydrogen) atoms. The first-order valence-corrected chi connectivity index (χ1v) is 7.36. The molecule has 0 radical (unpaired) electrons. The zero-order chi connectivity index (χ0) is 15.0. The Kier molecular flexibility index (Phi) is 3.63. The molecule has 0 saturated heterocycles. The number of rotatable bonds is 4. The van der Waals surface area contributed by atoms with E-state index in [-0.39, 0.29) is 0 Å². The van der Waals surface area contributed by atoms with Crippen LogP contribution in [0.1, 0.15) is 36.9 Å². The molecule has 6 nitrogen and oxygen atoms in total. The second-order valence-corrected chi connectivity index (χ2v) is 5.67. The lowest BCUT2D eigenvalue weighted by Gasteiger charge is -2.34. The zero-order valence-corrected chi connectivity index (χ0v) is 12.7. The van der Waals surface area contributed by atoms with Gasteiger partial charge in [0.2, 0.25) is 0 Å². The summed E-state index contributed by atoms with van der Waals surface area (Å²) >= 11 is 0. The van der Waals surface area contributed by atoms with Gasteiger partial charge in [-0.1, -0.05) is 6.07 Å². The van der Waals surface area contributed by atoms with Gasteiger partial charge in [0.15, 0.2) is 5.82 Å². The van der Waals surface area contributed by atoms with Crippen molar-refractivity contribution < 1.29 is 4.74 Å². The molecular weight excluding hydrogens is 266 g/mol. The van der Waals surface area contributed by atoms with E-state index in [2.05, 4.69) is 28.5 Å². The van der Waals surface area contributed by atoms with E-state index in [1.54, 1.807) is 0 Å². The number of nitrogen functional groups attached to an aromatic ring is 1. The zero-order valence-electron chi connectivity index (χ0n) is 12.7. The standard InChI is InChI=1S/C15H21N5O/c1-4-21-12-6-11(7-12)20-15(17-18-19-20)13-8-14(16)10(3)5-9(13)2/h5,8,11-12H,4,6-7,16H2,1-3H3. The lowest BCUT2D eigenvalue weighted by Crippen LogP contribution is -2.34. The van der Waals surface area contributed by atoms with Gasteiger partial charge in [0.25, 0.3) is 0 Å². The maximum Gasteiger partial charge on any atom is 0.182 e. The van der Waals surface area contributed by atoms with Gasteiger partial charge in [-0.05, 0) is 61.2 Å². The van der Waals surface area contributed by atoms with E-state index in [1.807, 2.05) is 24.6 Å². The van der Waals surface area contributed by atoms with Crippen LogP contribution in [0, 0.1) is 13.8 Å². The summed E-state index contributed by atoms with van der Waals surface area (Å²) in [6.07, 6.45) is 2.26. The Balaban J connectivity index is 1.88. The molecule has 2 aromatic rings. The topological polar surface area (TPSA) is 78.8 Å². The van der Waals surface area contributed by atoms with Gasteiger partial charge in [-0.25, -0.2) is 4.68 Å². The molecule has 1 aromatic carbocycles. The van der Waals surface area contributed by atoms with Gasteiger partial charge in [0.05, 0.1) is 12.1 Å². The third-order valence-electron chi connectivity index (χ3n) is 4.16. The van der Waals surface area contributed by atoms with E-state index >= 15 is 0 Å². The molecule has 0 aliphatic heterocycles. The molecule has 3 rings (SSSR count). The Bertz CT molecular complexity index is 646. The minimum absolute atomic E-state index is 0.313. The fourth-order valence-corrected chi connectivity index (χ4v) is 2.84. The van der Waals surface area contributed by atoms with Crippen LogP contribution in [0.3, 0.4) is 0 Å². The van der Waals surface area contributed by atoms with Crippen molar-refractivity contribution in [2.45, 2.75) is 45.8 Å². The van der Waals surface area contributed by atoms with E-state index in [0.717, 1.165) is 47.7 Å². The molecule has 1 aliphatic carbocycles. The van der Waals surface area contributed by atoms with Crippen LogP contribution < -0.4 is 5.73 Å². The van der Waals surface area contributed by atoms with Gasteiger partial charge in [0.1, 0.15) is 0 Å². The van der Waals surface area contributed by atoms with Gasteiger partial charge in [-0.2, -0.15) is 0 Å². The number of benzene rings is 1. The molecule has 6 heteroatoms. The number of hydrogen-bond donors (Lipinski definition) is 1. The van der Waals surface area contributed by atoms with Crippen molar-refractivity contribution in [1.82, 2.24) is 20.2 Å². The van der Waals surface area contributed by atoms with E-state index in [9.17, 15) is 0 Å². The van der Waals surface area contributed by atoms with Crippen LogP contribution in [0.4, 0.5) is 5.69 Å². The van der Waals surface area contributed by atoms with Crippen LogP contribution in [0.15, 0.2) is 12.1 Å². The summed E-state index contributed by atoms with van der Waals surface area (Å²) in [5.41, 5.74) is 10.0. The third kappa shape index (κ3) is 2.51. The second-order valence-electron chi connectivity index (χ2n) is 5.67. The maximum atomic E-state index is 6.03. The predicted octanol–water partition coefficient (Wildman–Crippen LogP) is 2.28. The molecule has 0 unspecified atom stereocenters. The first kappa shape index (κ1) is 14.0. The molecule has 1 aromatic heterocycles. The fraction of sp³-hybridized carbons (Fsp3) is 0.533. The van der Waals surface area contributed by atoms with Crippen molar-refractivity contribution in [3.63, 3.8) is 0 Å². The molecule has 0 atom stereocenters. The lowest BCUT2D eigenvalue weighted by atomic mass is 9.89. The van der Waals surface area contributed by atoms with Crippen molar-refractivity contribution in [2.24, 2.45) is 0 Å². The highest BCUT2D eigenvalue weighted by Gasteiger charge is 2.34. The number of ether oxygens (including phenoxy) is 1. The summed E-state index contributed by atoms with van der Waals surface area (Å²) in [5, 5.41) is 12.2. The quantitative estimate of drug-likeness (QED) is 0.873. The first-order valence-electron chi connectivity index (χ1n) is 7.36. The number of anilines is 1. The van der Waals surface area contributed by atoms with Gasteiger partial charge in [0, 0.05) is 17.9 Å². The second kappa shape index (κ2) is 5.44. The van der Waals surface area contributed by atoms with Gasteiger partial charge >= 0.3 is 0 Å². The minimum Gasteiger partial charge on any atom is -0.398 e. The molecule has 1 aliphatic rings. The molecule has 0 bridgehead atoms. The number of hydrogen-bond acceptors (Lipinski definition) is 5. The van der Waals surface area contributed by atoms with Gasteiger partial charge in [-0.3, -0.25) is 0 Å². The molecule has 1 fully saturated rings. The normalized spacial score (nSPS) is 21.3. The van der Waals surface area contributed by atoms with Crippen LogP contribution >= 0.6 is 0 Å². The highest BCUT2D eigenvalue weighted by molar-refractivity contribution is 5.67. The van der Waals surface area contributed by atoms with Crippen molar-refractivity contribution in [3.05, 3.63) is 23.3 Å². The Labute approximate surface area is 124 Å². The Morgan fingerprint density at radius 2 is 2.05 bits per heavy atom. The monoisotopic (exact) mass is 287 g/mol. The van der Waals surface area contributed by atoms with Crippen LogP contribution in [0.2, 0.25) is 0 Å². The van der Waals surface area contributed by atoms with E-state index in [1.165, 1.54) is 0 Å². The number of aromatic nitrogens is 4. The van der Waals surface area contributed by atoms with Crippen molar-refractivity contribution in [3.8, 4) is 11.4 Å². The number of nitrogens with zero attached hydrogens (tertiary/aromatic N) is 4. The highest BCUT2D eigenvalue weighted by Crippen LogP contribution is 2.37. The number of tetrazole rings is 1. The number of aryl methyl sites for hydroxylation is 2. The van der Waals surface area contributed by atoms with Crippen LogP contribution in [0.5, 0.6) is 0 Å². The Morgan fingerprint density at radius 3 is 2.76 bits per heavy atom. The number of nitrogens with two attached hydrogens (primary N) is 1. The first-order chi connectivity index (χ1) is 10.1. The average molecular weight is 287 g/mol.